The van der Waals surface area contributed by atoms with Gasteiger partial charge in [-0.1, -0.05) is 29.8 Å². The molecule has 2 heterocycles. The van der Waals surface area contributed by atoms with Gasteiger partial charge in [-0.25, -0.2) is 4.79 Å². The van der Waals surface area contributed by atoms with Gasteiger partial charge in [-0.2, -0.15) is 5.10 Å². The number of rotatable bonds is 3. The van der Waals surface area contributed by atoms with Crippen molar-refractivity contribution in [2.45, 2.75) is 13.0 Å². The molecule has 1 aliphatic rings. The number of carboxylic acids is 1. The van der Waals surface area contributed by atoms with Crippen LogP contribution < -0.4 is 0 Å². The van der Waals surface area contributed by atoms with Crippen molar-refractivity contribution in [3.05, 3.63) is 41.6 Å². The van der Waals surface area contributed by atoms with Crippen LogP contribution in [0.5, 0.6) is 0 Å². The van der Waals surface area contributed by atoms with Crippen LogP contribution in [0.15, 0.2) is 30.3 Å². The van der Waals surface area contributed by atoms with Gasteiger partial charge in [0.15, 0.2) is 6.10 Å². The van der Waals surface area contributed by atoms with Crippen molar-refractivity contribution in [2.24, 2.45) is 0 Å². The van der Waals surface area contributed by atoms with Crippen LogP contribution in [0.3, 0.4) is 0 Å². The molecule has 1 aromatic carbocycles. The van der Waals surface area contributed by atoms with Gasteiger partial charge in [0.2, 0.25) is 0 Å². The molecule has 1 atom stereocenters. The van der Waals surface area contributed by atoms with Crippen LogP contribution in [-0.2, 0) is 9.53 Å². The van der Waals surface area contributed by atoms with Gasteiger partial charge >= 0.3 is 5.97 Å². The highest BCUT2D eigenvalue weighted by Crippen LogP contribution is 2.19. The molecule has 0 bridgehead atoms. The molecule has 7 heteroatoms. The fourth-order valence-corrected chi connectivity index (χ4v) is 2.46. The number of carbonyl (C=O) groups is 2. The molecule has 1 fully saturated rings. The minimum atomic E-state index is -1.06. The van der Waals surface area contributed by atoms with Gasteiger partial charge in [0.05, 0.1) is 18.8 Å². The number of morpholine rings is 1. The molecule has 1 aromatic heterocycles. The first-order chi connectivity index (χ1) is 11.0. The van der Waals surface area contributed by atoms with E-state index in [0.29, 0.717) is 17.9 Å². The van der Waals surface area contributed by atoms with Gasteiger partial charge < -0.3 is 14.7 Å². The second-order valence-corrected chi connectivity index (χ2v) is 5.48. The lowest BCUT2D eigenvalue weighted by molar-refractivity contribution is -0.154. The fourth-order valence-electron chi connectivity index (χ4n) is 2.46. The molecular weight excluding hydrogens is 298 g/mol. The summed E-state index contributed by atoms with van der Waals surface area (Å²) in [6.07, 6.45) is -0.979. The standard InChI is InChI=1S/C16H17N3O4/c1-10-2-4-11(5-3-10)12-8-13(18-17-12)15(20)19-6-7-23-14(9-19)16(21)22/h2-5,8,14H,6-7,9H2,1H3,(H,17,18)(H,21,22)/t14-/m0/s1. The highest BCUT2D eigenvalue weighted by Gasteiger charge is 2.30. The summed E-state index contributed by atoms with van der Waals surface area (Å²) in [5, 5.41) is 15.9. The van der Waals surface area contributed by atoms with E-state index in [1.165, 1.54) is 4.90 Å². The van der Waals surface area contributed by atoms with E-state index in [9.17, 15) is 9.59 Å². The van der Waals surface area contributed by atoms with E-state index in [4.69, 9.17) is 9.84 Å². The molecular formula is C16H17N3O4. The van der Waals surface area contributed by atoms with Crippen molar-refractivity contribution in [3.8, 4) is 11.3 Å². The predicted octanol–water partition coefficient (Wildman–Crippen LogP) is 1.31. The van der Waals surface area contributed by atoms with Crippen molar-refractivity contribution in [1.29, 1.82) is 0 Å². The molecule has 2 aromatic rings. The van der Waals surface area contributed by atoms with Crippen LogP contribution in [0.1, 0.15) is 16.1 Å². The smallest absolute Gasteiger partial charge is 0.334 e. The molecule has 2 N–H and O–H groups in total. The maximum absolute atomic E-state index is 12.5. The van der Waals surface area contributed by atoms with Crippen molar-refractivity contribution in [2.75, 3.05) is 19.7 Å². The Hall–Kier alpha value is -2.67. The topological polar surface area (TPSA) is 95.5 Å². The molecule has 0 spiro atoms. The summed E-state index contributed by atoms with van der Waals surface area (Å²) < 4.78 is 5.12. The van der Waals surface area contributed by atoms with Crippen molar-refractivity contribution in [1.82, 2.24) is 15.1 Å². The lowest BCUT2D eigenvalue weighted by Gasteiger charge is -2.30. The second kappa shape index (κ2) is 6.21. The fraction of sp³-hybridized carbons (Fsp3) is 0.312. The Morgan fingerprint density at radius 3 is 2.78 bits per heavy atom. The zero-order valence-electron chi connectivity index (χ0n) is 12.7. The maximum Gasteiger partial charge on any atom is 0.334 e. The highest BCUT2D eigenvalue weighted by molar-refractivity contribution is 5.93. The third-order valence-electron chi connectivity index (χ3n) is 3.78. The zero-order chi connectivity index (χ0) is 16.4. The van der Waals surface area contributed by atoms with Crippen molar-refractivity contribution < 1.29 is 19.4 Å². The Kier molecular flexibility index (Phi) is 4.12. The van der Waals surface area contributed by atoms with E-state index < -0.39 is 12.1 Å². The highest BCUT2D eigenvalue weighted by atomic mass is 16.5. The summed E-state index contributed by atoms with van der Waals surface area (Å²) >= 11 is 0. The number of carbonyl (C=O) groups excluding carboxylic acids is 1. The molecule has 0 radical (unpaired) electrons. The predicted molar refractivity (Wildman–Crippen MR) is 82.0 cm³/mol. The van der Waals surface area contributed by atoms with Gasteiger partial charge in [0.25, 0.3) is 5.91 Å². The first-order valence-electron chi connectivity index (χ1n) is 7.31. The van der Waals surface area contributed by atoms with E-state index in [1.54, 1.807) is 6.07 Å². The number of H-pyrrole nitrogens is 1. The van der Waals surface area contributed by atoms with E-state index in [2.05, 4.69) is 10.2 Å². The van der Waals surface area contributed by atoms with Crippen molar-refractivity contribution >= 4 is 11.9 Å². The minimum Gasteiger partial charge on any atom is -0.479 e. The number of nitrogens with one attached hydrogen (secondary N) is 1. The Morgan fingerprint density at radius 1 is 1.35 bits per heavy atom. The van der Waals surface area contributed by atoms with Crippen molar-refractivity contribution in [3.63, 3.8) is 0 Å². The summed E-state index contributed by atoms with van der Waals surface area (Å²) in [5.41, 5.74) is 3.08. The number of aliphatic carboxylic acids is 1. The van der Waals surface area contributed by atoms with E-state index in [-0.39, 0.29) is 19.1 Å². The number of amides is 1. The van der Waals surface area contributed by atoms with Crippen LogP contribution in [0.2, 0.25) is 0 Å². The number of aromatic amines is 1. The summed E-state index contributed by atoms with van der Waals surface area (Å²) in [4.78, 5) is 24.9. The third-order valence-corrected chi connectivity index (χ3v) is 3.78. The van der Waals surface area contributed by atoms with Gasteiger partial charge in [-0.15, -0.1) is 0 Å². The van der Waals surface area contributed by atoms with Crippen LogP contribution in [0.25, 0.3) is 11.3 Å². The molecule has 23 heavy (non-hydrogen) atoms. The zero-order valence-corrected chi connectivity index (χ0v) is 12.7. The summed E-state index contributed by atoms with van der Waals surface area (Å²) in [5.74, 6) is -1.34. The molecule has 1 aliphatic heterocycles. The van der Waals surface area contributed by atoms with E-state index >= 15 is 0 Å². The van der Waals surface area contributed by atoms with Gasteiger partial charge in [-0.3, -0.25) is 9.89 Å². The Bertz CT molecular complexity index is 723. The third kappa shape index (κ3) is 3.24. The summed E-state index contributed by atoms with van der Waals surface area (Å²) in [6.45, 7) is 2.61. The molecule has 7 nitrogen and oxygen atoms in total. The maximum atomic E-state index is 12.5. The molecule has 1 saturated heterocycles. The van der Waals surface area contributed by atoms with Crippen LogP contribution in [0, 0.1) is 6.92 Å². The number of carboxylic acid groups (broad SMARTS) is 1. The van der Waals surface area contributed by atoms with Gasteiger partial charge in [-0.05, 0) is 13.0 Å². The lowest BCUT2D eigenvalue weighted by atomic mass is 10.1. The Morgan fingerprint density at radius 2 is 2.09 bits per heavy atom. The number of nitrogens with zero attached hydrogens (tertiary/aromatic N) is 2. The minimum absolute atomic E-state index is 0.0348. The first kappa shape index (κ1) is 15.2. The summed E-state index contributed by atoms with van der Waals surface area (Å²) in [6, 6.07) is 9.51. The first-order valence-corrected chi connectivity index (χ1v) is 7.31. The number of hydrogen-bond donors (Lipinski definition) is 2. The summed E-state index contributed by atoms with van der Waals surface area (Å²) in [7, 11) is 0. The molecule has 0 aliphatic carbocycles. The van der Waals surface area contributed by atoms with Crippen LogP contribution in [0.4, 0.5) is 0 Å². The molecule has 0 saturated carbocycles. The van der Waals surface area contributed by atoms with Crippen LogP contribution >= 0.6 is 0 Å². The Labute approximate surface area is 132 Å². The monoisotopic (exact) mass is 315 g/mol. The van der Waals surface area contributed by atoms with Gasteiger partial charge in [0.1, 0.15) is 5.69 Å². The second-order valence-electron chi connectivity index (χ2n) is 5.48. The molecule has 3 rings (SSSR count). The molecule has 120 valence electrons. The number of ether oxygens (including phenoxy) is 1. The van der Waals surface area contributed by atoms with E-state index in [1.807, 2.05) is 31.2 Å². The number of hydrogen-bond acceptors (Lipinski definition) is 4. The average molecular weight is 315 g/mol. The lowest BCUT2D eigenvalue weighted by Crippen LogP contribution is -2.48. The van der Waals surface area contributed by atoms with E-state index in [0.717, 1.165) is 11.1 Å². The number of aromatic nitrogens is 2. The SMILES string of the molecule is Cc1ccc(-c2cc(C(=O)N3CCO[C@H](C(=O)O)C3)[nH]n2)cc1. The number of aryl methyl sites for hydroxylation is 1. The average Bonchev–Trinajstić information content (AvgIpc) is 3.05. The van der Waals surface area contributed by atoms with Gasteiger partial charge in [0, 0.05) is 12.1 Å². The number of benzene rings is 1. The molecule has 1 amide bonds. The molecule has 0 unspecified atom stereocenters. The normalized spacial score (nSPS) is 18.0. The Balaban J connectivity index is 1.75. The largest absolute Gasteiger partial charge is 0.479 e. The quantitative estimate of drug-likeness (QED) is 0.890. The van der Waals surface area contributed by atoms with Crippen LogP contribution in [-0.4, -0.2) is 57.9 Å².